The monoisotopic (exact) mass is 569 g/mol. The first-order valence-corrected chi connectivity index (χ1v) is 14.4. The number of fused-ring (bicyclic) bond motifs is 1. The predicted octanol–water partition coefficient (Wildman–Crippen LogP) is 3.65. The Hall–Kier alpha value is -4.12. The van der Waals surface area contributed by atoms with Crippen LogP contribution in [-0.4, -0.2) is 57.5 Å². The van der Waals surface area contributed by atoms with Crippen LogP contribution in [0.1, 0.15) is 25.0 Å². The third-order valence-electron chi connectivity index (χ3n) is 6.62. The Morgan fingerprint density at radius 2 is 1.68 bits per heavy atom. The van der Waals surface area contributed by atoms with Gasteiger partial charge in [-0.2, -0.15) is 0 Å². The average Bonchev–Trinajstić information content (AvgIpc) is 2.95. The van der Waals surface area contributed by atoms with Crippen LogP contribution >= 0.6 is 0 Å². The zero-order valence-electron chi connectivity index (χ0n) is 22.6. The van der Waals surface area contributed by atoms with Gasteiger partial charge in [-0.25, -0.2) is 12.8 Å². The molecular formula is C29H32FN3O6S. The first-order chi connectivity index (χ1) is 19.1. The van der Waals surface area contributed by atoms with Gasteiger partial charge in [-0.1, -0.05) is 24.3 Å². The van der Waals surface area contributed by atoms with E-state index in [2.05, 4.69) is 5.32 Å². The Labute approximate surface area is 233 Å². The van der Waals surface area contributed by atoms with Gasteiger partial charge in [-0.3, -0.25) is 13.9 Å². The second-order valence-corrected chi connectivity index (χ2v) is 11.2. The van der Waals surface area contributed by atoms with E-state index in [4.69, 9.17) is 9.47 Å². The Balaban J connectivity index is 1.73. The highest BCUT2D eigenvalue weighted by atomic mass is 32.2. The Morgan fingerprint density at radius 1 is 1.00 bits per heavy atom. The Bertz CT molecular complexity index is 1480. The molecule has 1 heterocycles. The molecule has 0 radical (unpaired) electrons. The molecule has 4 rings (SSSR count). The van der Waals surface area contributed by atoms with E-state index in [1.807, 2.05) is 31.2 Å². The zero-order chi connectivity index (χ0) is 28.9. The van der Waals surface area contributed by atoms with Gasteiger partial charge in [0.2, 0.25) is 11.8 Å². The maximum Gasteiger partial charge on any atom is 0.264 e. The zero-order valence-corrected chi connectivity index (χ0v) is 23.4. The molecule has 212 valence electrons. The van der Waals surface area contributed by atoms with E-state index in [1.54, 1.807) is 13.8 Å². The number of ether oxygens (including phenoxy) is 2. The number of nitrogens with one attached hydrogen (secondary N) is 1. The smallest absolute Gasteiger partial charge is 0.264 e. The van der Waals surface area contributed by atoms with Gasteiger partial charge in [0, 0.05) is 19.2 Å². The largest absolute Gasteiger partial charge is 0.486 e. The third-order valence-corrected chi connectivity index (χ3v) is 8.39. The molecule has 0 aliphatic carbocycles. The summed E-state index contributed by atoms with van der Waals surface area (Å²) in [5, 5.41) is 2.73. The highest BCUT2D eigenvalue weighted by Crippen LogP contribution is 2.34. The molecule has 9 nitrogen and oxygen atoms in total. The number of hydrogen-bond acceptors (Lipinski definition) is 6. The van der Waals surface area contributed by atoms with Crippen molar-refractivity contribution in [3.8, 4) is 11.5 Å². The lowest BCUT2D eigenvalue weighted by atomic mass is 10.1. The fourth-order valence-corrected chi connectivity index (χ4v) is 5.75. The minimum Gasteiger partial charge on any atom is -0.486 e. The molecule has 0 unspecified atom stereocenters. The van der Waals surface area contributed by atoms with Gasteiger partial charge >= 0.3 is 0 Å². The fraction of sp³-hybridized carbons (Fsp3) is 0.310. The standard InChI is InChI=1S/C29H32FN3O6S/c1-4-31-29(35)21(3)32(18-22-8-6-5-7-20(22)2)28(34)19-33(24-11-9-23(30)10-12-24)40(36,37)25-13-14-26-27(17-25)39-16-15-38-26/h5-14,17,21H,4,15-16,18-19H2,1-3H3,(H,31,35)/t21-/m1/s1. The normalized spacial score (nSPS) is 13.3. The maximum absolute atomic E-state index is 14.0. The van der Waals surface area contributed by atoms with Crippen molar-refractivity contribution in [1.82, 2.24) is 10.2 Å². The average molecular weight is 570 g/mol. The number of anilines is 1. The minimum absolute atomic E-state index is 0.0884. The number of sulfonamides is 1. The summed E-state index contributed by atoms with van der Waals surface area (Å²) < 4.78 is 53.7. The number of amides is 2. The number of aryl methyl sites for hydroxylation is 1. The van der Waals surface area contributed by atoms with E-state index >= 15 is 0 Å². The van der Waals surface area contributed by atoms with Crippen LogP contribution in [0.4, 0.5) is 10.1 Å². The maximum atomic E-state index is 14.0. The molecule has 3 aromatic rings. The molecule has 2 amide bonds. The second kappa shape index (κ2) is 12.4. The molecule has 11 heteroatoms. The summed E-state index contributed by atoms with van der Waals surface area (Å²) in [5.41, 5.74) is 1.82. The van der Waals surface area contributed by atoms with Crippen LogP contribution < -0.4 is 19.1 Å². The van der Waals surface area contributed by atoms with Crippen molar-refractivity contribution >= 4 is 27.5 Å². The number of nitrogens with zero attached hydrogens (tertiary/aromatic N) is 2. The van der Waals surface area contributed by atoms with Crippen molar-refractivity contribution in [2.45, 2.75) is 38.3 Å². The molecule has 1 atom stereocenters. The Kier molecular flexibility index (Phi) is 8.93. The number of benzene rings is 3. The number of carbonyl (C=O) groups is 2. The molecule has 1 aliphatic rings. The topological polar surface area (TPSA) is 105 Å². The van der Waals surface area contributed by atoms with E-state index in [9.17, 15) is 22.4 Å². The van der Waals surface area contributed by atoms with Gasteiger partial charge in [0.25, 0.3) is 10.0 Å². The van der Waals surface area contributed by atoms with Gasteiger partial charge < -0.3 is 19.7 Å². The number of halogens is 1. The van der Waals surface area contributed by atoms with Crippen LogP contribution in [0, 0.1) is 12.7 Å². The molecule has 0 bridgehead atoms. The molecule has 1 N–H and O–H groups in total. The number of hydrogen-bond donors (Lipinski definition) is 1. The molecule has 40 heavy (non-hydrogen) atoms. The van der Waals surface area contributed by atoms with Gasteiger partial charge in [-0.05, 0) is 68.3 Å². The van der Waals surface area contributed by atoms with Crippen molar-refractivity contribution in [3.63, 3.8) is 0 Å². The first kappa shape index (κ1) is 28.9. The van der Waals surface area contributed by atoms with Gasteiger partial charge in [0.1, 0.15) is 31.6 Å². The van der Waals surface area contributed by atoms with Crippen LogP contribution in [0.5, 0.6) is 11.5 Å². The molecule has 0 fully saturated rings. The lowest BCUT2D eigenvalue weighted by Gasteiger charge is -2.32. The summed E-state index contributed by atoms with van der Waals surface area (Å²) >= 11 is 0. The van der Waals surface area contributed by atoms with Gasteiger partial charge in [0.15, 0.2) is 11.5 Å². The van der Waals surface area contributed by atoms with E-state index in [0.717, 1.165) is 27.6 Å². The highest BCUT2D eigenvalue weighted by Gasteiger charge is 2.33. The number of rotatable bonds is 10. The van der Waals surface area contributed by atoms with Gasteiger partial charge in [0.05, 0.1) is 10.6 Å². The van der Waals surface area contributed by atoms with E-state index in [-0.39, 0.29) is 35.4 Å². The van der Waals surface area contributed by atoms with Crippen LogP contribution in [0.15, 0.2) is 71.6 Å². The summed E-state index contributed by atoms with van der Waals surface area (Å²) in [5.74, 6) is -0.851. The van der Waals surface area contributed by atoms with Crippen LogP contribution in [0.2, 0.25) is 0 Å². The lowest BCUT2D eigenvalue weighted by molar-refractivity contribution is -0.139. The number of carbonyl (C=O) groups excluding carboxylic acids is 2. The second-order valence-electron chi connectivity index (χ2n) is 9.31. The predicted molar refractivity (Wildman–Crippen MR) is 148 cm³/mol. The first-order valence-electron chi connectivity index (χ1n) is 12.9. The van der Waals surface area contributed by atoms with Crippen molar-refractivity contribution in [2.75, 3.05) is 30.6 Å². The van der Waals surface area contributed by atoms with E-state index in [0.29, 0.717) is 18.9 Å². The van der Waals surface area contributed by atoms with Crippen LogP contribution in [-0.2, 0) is 26.2 Å². The van der Waals surface area contributed by atoms with Crippen molar-refractivity contribution in [3.05, 3.63) is 83.7 Å². The summed E-state index contributed by atoms with van der Waals surface area (Å²) in [6.07, 6.45) is 0. The number of likely N-dealkylation sites (N-methyl/N-ethyl adjacent to an activating group) is 1. The third kappa shape index (κ3) is 6.36. The van der Waals surface area contributed by atoms with E-state index in [1.165, 1.54) is 35.2 Å². The summed E-state index contributed by atoms with van der Waals surface area (Å²) in [6.45, 7) is 5.70. The van der Waals surface area contributed by atoms with Crippen molar-refractivity contribution < 1.29 is 31.9 Å². The van der Waals surface area contributed by atoms with Crippen molar-refractivity contribution in [1.29, 1.82) is 0 Å². The highest BCUT2D eigenvalue weighted by molar-refractivity contribution is 7.92. The lowest BCUT2D eigenvalue weighted by Crippen LogP contribution is -2.51. The molecule has 0 saturated heterocycles. The molecule has 0 saturated carbocycles. The summed E-state index contributed by atoms with van der Waals surface area (Å²) in [7, 11) is -4.34. The summed E-state index contributed by atoms with van der Waals surface area (Å²) in [4.78, 5) is 27.9. The quantitative estimate of drug-likeness (QED) is 0.400. The van der Waals surface area contributed by atoms with Crippen LogP contribution in [0.3, 0.4) is 0 Å². The fourth-order valence-electron chi connectivity index (χ4n) is 4.32. The Morgan fingerprint density at radius 3 is 2.35 bits per heavy atom. The van der Waals surface area contributed by atoms with Crippen molar-refractivity contribution in [2.24, 2.45) is 0 Å². The molecular weight excluding hydrogens is 537 g/mol. The minimum atomic E-state index is -4.34. The van der Waals surface area contributed by atoms with Gasteiger partial charge in [-0.15, -0.1) is 0 Å². The summed E-state index contributed by atoms with van der Waals surface area (Å²) in [6, 6.07) is 15.6. The van der Waals surface area contributed by atoms with E-state index < -0.39 is 34.3 Å². The SMILES string of the molecule is CCNC(=O)[C@@H](C)N(Cc1ccccc1C)C(=O)CN(c1ccc(F)cc1)S(=O)(=O)c1ccc2c(c1)OCCO2. The molecule has 0 spiro atoms. The molecule has 0 aromatic heterocycles. The molecule has 3 aromatic carbocycles. The molecule has 1 aliphatic heterocycles. The van der Waals surface area contributed by atoms with Crippen LogP contribution in [0.25, 0.3) is 0 Å².